The van der Waals surface area contributed by atoms with Crippen molar-refractivity contribution in [1.82, 2.24) is 29.7 Å². The van der Waals surface area contributed by atoms with Crippen LogP contribution in [0, 0.1) is 13.8 Å². The van der Waals surface area contributed by atoms with Crippen molar-refractivity contribution in [3.63, 3.8) is 0 Å². The lowest BCUT2D eigenvalue weighted by molar-refractivity contribution is -0.137. The molecule has 0 aliphatic carbocycles. The maximum absolute atomic E-state index is 13.7. The van der Waals surface area contributed by atoms with Gasteiger partial charge in [-0.15, -0.1) is 5.10 Å². The van der Waals surface area contributed by atoms with Crippen molar-refractivity contribution in [2.45, 2.75) is 26.4 Å². The minimum Gasteiger partial charge on any atom is -0.375 e. The van der Waals surface area contributed by atoms with Crippen molar-refractivity contribution >= 4 is 17.3 Å². The first-order valence-corrected chi connectivity index (χ1v) is 12.8. The lowest BCUT2D eigenvalue weighted by Gasteiger charge is -2.22. The van der Waals surface area contributed by atoms with Crippen LogP contribution < -0.4 is 10.2 Å². The zero-order chi connectivity index (χ0) is 29.2. The molecule has 0 atom stereocenters. The van der Waals surface area contributed by atoms with E-state index < -0.39 is 17.6 Å². The van der Waals surface area contributed by atoms with E-state index in [9.17, 15) is 18.0 Å². The van der Waals surface area contributed by atoms with E-state index in [2.05, 4.69) is 20.7 Å². The Kier molecular flexibility index (Phi) is 8.29. The molecule has 0 unspecified atom stereocenters. The number of hydrogen-bond acceptors (Lipinski definition) is 6. The Morgan fingerprint density at radius 1 is 1.05 bits per heavy atom. The summed E-state index contributed by atoms with van der Waals surface area (Å²) in [6.07, 6.45) is -0.346. The lowest BCUT2D eigenvalue weighted by atomic mass is 10.1. The smallest absolute Gasteiger partial charge is 0.375 e. The van der Waals surface area contributed by atoms with Gasteiger partial charge in [0.1, 0.15) is 5.69 Å². The average molecular weight is 555 g/mol. The molecule has 2 heterocycles. The van der Waals surface area contributed by atoms with Crippen LogP contribution in [0.4, 0.5) is 24.5 Å². The molecule has 9 nitrogen and oxygen atoms in total. The molecule has 0 bridgehead atoms. The predicted molar refractivity (Wildman–Crippen MR) is 149 cm³/mol. The molecule has 2 aromatic carbocycles. The molecule has 212 valence electrons. The topological polar surface area (TPSA) is 84.1 Å². The summed E-state index contributed by atoms with van der Waals surface area (Å²) in [4.78, 5) is 16.9. The number of alkyl halides is 3. The number of nitrogens with one attached hydrogen (secondary N) is 1. The number of rotatable bonds is 9. The zero-order valence-corrected chi connectivity index (χ0v) is 23.4. The van der Waals surface area contributed by atoms with Crippen LogP contribution in [0.5, 0.6) is 0 Å². The molecule has 4 rings (SSSR count). The Balaban J connectivity index is 1.59. The maximum atomic E-state index is 13.7. The minimum absolute atomic E-state index is 0.0819. The van der Waals surface area contributed by atoms with Gasteiger partial charge >= 0.3 is 6.18 Å². The van der Waals surface area contributed by atoms with E-state index in [1.807, 2.05) is 39.9 Å². The van der Waals surface area contributed by atoms with Crippen molar-refractivity contribution < 1.29 is 18.0 Å². The quantitative estimate of drug-likeness (QED) is 0.316. The molecule has 0 saturated carbocycles. The number of carbonyl (C=O) groups is 1. The standard InChI is InChI=1S/C28H33F3N8O/c1-18-8-9-22(15-26(18)39-17-25(34-35-39)24-16-32-38(6)19(24)2)33-27(40)20-12-21(28(29,30)31)14-23(13-20)37(5)11-7-10-36(3)4/h8-9,12-17H,7,10-11H2,1-6H3,(H,33,40). The van der Waals surface area contributed by atoms with Crippen LogP contribution in [0.3, 0.4) is 0 Å². The molecular formula is C28H33F3N8O. The van der Waals surface area contributed by atoms with Gasteiger partial charge in [-0.2, -0.15) is 18.3 Å². The van der Waals surface area contributed by atoms with Crippen LogP contribution in [0.2, 0.25) is 0 Å². The summed E-state index contributed by atoms with van der Waals surface area (Å²) in [6, 6.07) is 8.64. The van der Waals surface area contributed by atoms with E-state index >= 15 is 0 Å². The number of anilines is 2. The monoisotopic (exact) mass is 554 g/mol. The molecule has 0 fully saturated rings. The molecular weight excluding hydrogens is 521 g/mol. The predicted octanol–water partition coefficient (Wildman–Crippen LogP) is 4.94. The molecule has 0 aliphatic rings. The van der Waals surface area contributed by atoms with Crippen molar-refractivity contribution in [2.24, 2.45) is 7.05 Å². The summed E-state index contributed by atoms with van der Waals surface area (Å²) < 4.78 is 44.5. The van der Waals surface area contributed by atoms with Crippen molar-refractivity contribution in [2.75, 3.05) is 44.4 Å². The van der Waals surface area contributed by atoms with Crippen LogP contribution in [-0.2, 0) is 13.2 Å². The number of benzene rings is 2. The SMILES string of the molecule is Cc1ccc(NC(=O)c2cc(N(C)CCCN(C)C)cc(C(F)(F)F)c2)cc1-n1cc(-c2cnn(C)c2C)nn1. The summed E-state index contributed by atoms with van der Waals surface area (Å²) in [5.41, 5.74) is 3.76. The summed E-state index contributed by atoms with van der Waals surface area (Å²) in [5, 5.41) is 15.5. The van der Waals surface area contributed by atoms with Crippen molar-refractivity contribution in [3.05, 3.63) is 71.2 Å². The summed E-state index contributed by atoms with van der Waals surface area (Å²) >= 11 is 0. The number of amides is 1. The van der Waals surface area contributed by atoms with Gasteiger partial charge in [-0.25, -0.2) is 4.68 Å². The fraction of sp³-hybridized carbons (Fsp3) is 0.357. The first-order chi connectivity index (χ1) is 18.8. The van der Waals surface area contributed by atoms with Gasteiger partial charge in [0, 0.05) is 48.8 Å². The number of aryl methyl sites for hydroxylation is 2. The fourth-order valence-electron chi connectivity index (χ4n) is 4.27. The van der Waals surface area contributed by atoms with E-state index in [4.69, 9.17) is 0 Å². The van der Waals surface area contributed by atoms with Crippen LogP contribution in [0.25, 0.3) is 16.9 Å². The largest absolute Gasteiger partial charge is 0.416 e. The number of aromatic nitrogens is 5. The molecule has 0 aliphatic heterocycles. The third-order valence-electron chi connectivity index (χ3n) is 6.77. The molecule has 1 N–H and O–H groups in total. The number of nitrogens with zero attached hydrogens (tertiary/aromatic N) is 7. The third-order valence-corrected chi connectivity index (χ3v) is 6.77. The van der Waals surface area contributed by atoms with Gasteiger partial charge in [0.05, 0.1) is 23.6 Å². The second-order valence-electron chi connectivity index (χ2n) is 10.1. The lowest BCUT2D eigenvalue weighted by Crippen LogP contribution is -2.24. The van der Waals surface area contributed by atoms with Crippen LogP contribution in [0.1, 0.15) is 33.6 Å². The Morgan fingerprint density at radius 2 is 1.80 bits per heavy atom. The normalized spacial score (nSPS) is 11.8. The zero-order valence-electron chi connectivity index (χ0n) is 23.4. The van der Waals surface area contributed by atoms with Gasteiger partial charge in [0.25, 0.3) is 5.91 Å². The highest BCUT2D eigenvalue weighted by molar-refractivity contribution is 6.05. The highest BCUT2D eigenvalue weighted by Crippen LogP contribution is 2.33. The van der Waals surface area contributed by atoms with Crippen LogP contribution in [0.15, 0.2) is 48.8 Å². The van der Waals surface area contributed by atoms with E-state index in [1.165, 1.54) is 6.07 Å². The number of halogens is 3. The molecule has 40 heavy (non-hydrogen) atoms. The highest BCUT2D eigenvalue weighted by Gasteiger charge is 2.32. The molecule has 0 saturated heterocycles. The van der Waals surface area contributed by atoms with Gasteiger partial charge in [-0.1, -0.05) is 11.3 Å². The first-order valence-electron chi connectivity index (χ1n) is 12.8. The average Bonchev–Trinajstić information content (AvgIpc) is 3.50. The third kappa shape index (κ3) is 6.50. The summed E-state index contributed by atoms with van der Waals surface area (Å²) in [5.74, 6) is -0.644. The fourth-order valence-corrected chi connectivity index (χ4v) is 4.27. The van der Waals surface area contributed by atoms with Crippen LogP contribution >= 0.6 is 0 Å². The minimum atomic E-state index is -4.59. The van der Waals surface area contributed by atoms with Gasteiger partial charge < -0.3 is 15.1 Å². The summed E-state index contributed by atoms with van der Waals surface area (Å²) in [6.45, 7) is 5.16. The Labute approximate surface area is 231 Å². The molecule has 0 spiro atoms. The van der Waals surface area contributed by atoms with Crippen LogP contribution in [-0.4, -0.2) is 69.8 Å². The van der Waals surface area contributed by atoms with Gasteiger partial charge in [0.15, 0.2) is 0 Å². The Bertz CT molecular complexity index is 1510. The second-order valence-corrected chi connectivity index (χ2v) is 10.1. The van der Waals surface area contributed by atoms with E-state index in [-0.39, 0.29) is 5.56 Å². The molecule has 2 aromatic heterocycles. The number of carbonyl (C=O) groups excluding carboxylic acids is 1. The van der Waals surface area contributed by atoms with Gasteiger partial charge in [-0.3, -0.25) is 9.48 Å². The first kappa shape index (κ1) is 28.8. The van der Waals surface area contributed by atoms with Crippen molar-refractivity contribution in [1.29, 1.82) is 0 Å². The molecule has 1 amide bonds. The van der Waals surface area contributed by atoms with E-state index in [0.29, 0.717) is 29.3 Å². The number of hydrogen-bond donors (Lipinski definition) is 1. The van der Waals surface area contributed by atoms with Gasteiger partial charge in [-0.05, 0) is 76.8 Å². The Morgan fingerprint density at radius 3 is 2.45 bits per heavy atom. The molecule has 12 heteroatoms. The molecule has 0 radical (unpaired) electrons. The van der Waals surface area contributed by atoms with E-state index in [1.54, 1.807) is 51.9 Å². The van der Waals surface area contributed by atoms with E-state index in [0.717, 1.165) is 41.9 Å². The Hall–Kier alpha value is -4.19. The van der Waals surface area contributed by atoms with Crippen molar-refractivity contribution in [3.8, 4) is 16.9 Å². The molecule has 4 aromatic rings. The highest BCUT2D eigenvalue weighted by atomic mass is 19.4. The second kappa shape index (κ2) is 11.5. The van der Waals surface area contributed by atoms with Gasteiger partial charge in [0.2, 0.25) is 0 Å². The summed E-state index contributed by atoms with van der Waals surface area (Å²) in [7, 11) is 7.44. The maximum Gasteiger partial charge on any atom is 0.416 e.